The average Bonchev–Trinajstić information content (AvgIpc) is 2.26. The van der Waals surface area contributed by atoms with E-state index >= 15 is 0 Å². The number of carbonyl (C=O) groups is 2. The van der Waals surface area contributed by atoms with Crippen LogP contribution in [0.15, 0.2) is 0 Å². The third kappa shape index (κ3) is 1.88. The van der Waals surface area contributed by atoms with Crippen LogP contribution in [-0.4, -0.2) is 18.9 Å². The Morgan fingerprint density at radius 1 is 1.28 bits per heavy atom. The Morgan fingerprint density at radius 2 is 1.94 bits per heavy atom. The number of ketones is 1. The van der Waals surface area contributed by atoms with Gasteiger partial charge in [0.15, 0.2) is 0 Å². The minimum Gasteiger partial charge on any atom is -0.468 e. The summed E-state index contributed by atoms with van der Waals surface area (Å²) in [6.07, 6.45) is 4.71. The van der Waals surface area contributed by atoms with Crippen molar-refractivity contribution in [2.24, 2.45) is 22.7 Å². The molecular formula is C15H24O3. The minimum atomic E-state index is -0.541. The maximum absolute atomic E-state index is 12.2. The largest absolute Gasteiger partial charge is 0.468 e. The first kappa shape index (κ1) is 13.6. The molecule has 2 aliphatic carbocycles. The van der Waals surface area contributed by atoms with Gasteiger partial charge in [-0.3, -0.25) is 9.59 Å². The summed E-state index contributed by atoms with van der Waals surface area (Å²) in [7, 11) is 1.39. The Kier molecular flexibility index (Phi) is 3.28. The smallest absolute Gasteiger partial charge is 0.316 e. The molecular weight excluding hydrogens is 228 g/mol. The van der Waals surface area contributed by atoms with Gasteiger partial charge in [0.25, 0.3) is 0 Å². The molecule has 0 heterocycles. The summed E-state index contributed by atoms with van der Waals surface area (Å²) < 4.78 is 4.88. The lowest BCUT2D eigenvalue weighted by Gasteiger charge is -2.55. The number of carbonyl (C=O) groups excluding carboxylic acids is 2. The molecule has 0 amide bonds. The van der Waals surface area contributed by atoms with E-state index in [0.717, 1.165) is 19.3 Å². The molecule has 0 aliphatic heterocycles. The number of methoxy groups -OCH3 is 1. The molecule has 2 fully saturated rings. The predicted octanol–water partition coefficient (Wildman–Crippen LogP) is 2.97. The molecule has 3 atom stereocenters. The molecule has 18 heavy (non-hydrogen) atoms. The van der Waals surface area contributed by atoms with Crippen LogP contribution in [0.2, 0.25) is 0 Å². The van der Waals surface area contributed by atoms with Crippen LogP contribution < -0.4 is 0 Å². The highest BCUT2D eigenvalue weighted by Gasteiger charge is 2.57. The number of hydrogen-bond acceptors (Lipinski definition) is 3. The van der Waals surface area contributed by atoms with E-state index in [1.807, 2.05) is 0 Å². The highest BCUT2D eigenvalue weighted by molar-refractivity contribution is 6.00. The molecule has 0 radical (unpaired) electrons. The summed E-state index contributed by atoms with van der Waals surface area (Å²) in [5, 5.41) is 0. The van der Waals surface area contributed by atoms with Gasteiger partial charge in [-0.25, -0.2) is 0 Å². The highest BCUT2D eigenvalue weighted by Crippen LogP contribution is 2.59. The van der Waals surface area contributed by atoms with E-state index in [1.165, 1.54) is 13.5 Å². The molecule has 2 rings (SSSR count). The van der Waals surface area contributed by atoms with Crippen LogP contribution in [-0.2, 0) is 14.3 Å². The average molecular weight is 252 g/mol. The zero-order valence-electron chi connectivity index (χ0n) is 11.9. The Labute approximate surface area is 109 Å². The zero-order valence-corrected chi connectivity index (χ0v) is 11.9. The van der Waals surface area contributed by atoms with Crippen molar-refractivity contribution in [2.45, 2.75) is 52.9 Å². The van der Waals surface area contributed by atoms with Gasteiger partial charge in [-0.2, -0.15) is 0 Å². The van der Waals surface area contributed by atoms with Crippen LogP contribution in [0.3, 0.4) is 0 Å². The molecule has 0 saturated heterocycles. The van der Waals surface area contributed by atoms with Crippen molar-refractivity contribution in [3.8, 4) is 0 Å². The molecule has 0 aromatic heterocycles. The van der Waals surface area contributed by atoms with Gasteiger partial charge in [0.05, 0.1) is 7.11 Å². The minimum absolute atomic E-state index is 0.0818. The molecule has 2 saturated carbocycles. The Morgan fingerprint density at radius 3 is 2.56 bits per heavy atom. The van der Waals surface area contributed by atoms with E-state index in [-0.39, 0.29) is 22.6 Å². The number of rotatable bonds is 1. The van der Waals surface area contributed by atoms with Gasteiger partial charge in [-0.1, -0.05) is 27.2 Å². The number of hydrogen-bond donors (Lipinski definition) is 0. The molecule has 0 unspecified atom stereocenters. The van der Waals surface area contributed by atoms with Gasteiger partial charge in [0, 0.05) is 6.42 Å². The molecule has 0 aromatic carbocycles. The van der Waals surface area contributed by atoms with Crippen LogP contribution in [0.5, 0.6) is 0 Å². The summed E-state index contributed by atoms with van der Waals surface area (Å²) in [5.74, 6) is -0.343. The van der Waals surface area contributed by atoms with Crippen molar-refractivity contribution >= 4 is 11.8 Å². The third-order valence-corrected chi connectivity index (χ3v) is 5.37. The predicted molar refractivity (Wildman–Crippen MR) is 69.0 cm³/mol. The van der Waals surface area contributed by atoms with E-state index in [2.05, 4.69) is 20.8 Å². The van der Waals surface area contributed by atoms with Crippen molar-refractivity contribution in [1.82, 2.24) is 0 Å². The summed E-state index contributed by atoms with van der Waals surface area (Å²) in [6.45, 7) is 6.68. The summed E-state index contributed by atoms with van der Waals surface area (Å²) >= 11 is 0. The fourth-order valence-corrected chi connectivity index (χ4v) is 4.55. The molecule has 0 N–H and O–H groups in total. The Hall–Kier alpha value is -0.860. The van der Waals surface area contributed by atoms with Crippen molar-refractivity contribution in [2.75, 3.05) is 7.11 Å². The van der Waals surface area contributed by atoms with Gasteiger partial charge in [-0.15, -0.1) is 0 Å². The lowest BCUT2D eigenvalue weighted by Crippen LogP contribution is -2.54. The molecule has 2 aliphatic rings. The van der Waals surface area contributed by atoms with Crippen LogP contribution in [0.4, 0.5) is 0 Å². The summed E-state index contributed by atoms with van der Waals surface area (Å²) in [4.78, 5) is 24.2. The second-order valence-electron chi connectivity index (χ2n) is 6.86. The lowest BCUT2D eigenvalue weighted by molar-refractivity contribution is -0.167. The van der Waals surface area contributed by atoms with Gasteiger partial charge < -0.3 is 4.74 Å². The Balaban J connectivity index is 2.40. The first-order valence-electron chi connectivity index (χ1n) is 6.93. The van der Waals surface area contributed by atoms with Gasteiger partial charge in [0.1, 0.15) is 11.7 Å². The second-order valence-corrected chi connectivity index (χ2v) is 6.86. The maximum Gasteiger partial charge on any atom is 0.316 e. The first-order valence-corrected chi connectivity index (χ1v) is 6.93. The Bertz CT molecular complexity index is 364. The standard InChI is InChI=1S/C15H24O3/c1-14(2)8-5-9-15(3)11(14)7-6-10(16)12(15)13(17)18-4/h11-12H,5-9H2,1-4H3/t11-,12+,15-/m0/s1. The summed E-state index contributed by atoms with van der Waals surface area (Å²) in [5.41, 5.74) is 0.0180. The SMILES string of the molecule is COC(=O)[C@H]1C(=O)CC[C@H]2C(C)(C)CCC[C@]12C. The summed E-state index contributed by atoms with van der Waals surface area (Å²) in [6, 6.07) is 0. The van der Waals surface area contributed by atoms with Crippen LogP contribution in [0, 0.1) is 22.7 Å². The highest BCUT2D eigenvalue weighted by atomic mass is 16.5. The zero-order chi connectivity index (χ0) is 13.6. The van der Waals surface area contributed by atoms with Crippen LogP contribution in [0.1, 0.15) is 52.9 Å². The van der Waals surface area contributed by atoms with Crippen LogP contribution in [0.25, 0.3) is 0 Å². The fourth-order valence-electron chi connectivity index (χ4n) is 4.55. The van der Waals surface area contributed by atoms with Gasteiger partial charge >= 0.3 is 5.97 Å². The molecule has 3 heteroatoms. The van der Waals surface area contributed by atoms with E-state index in [4.69, 9.17) is 4.74 Å². The molecule has 0 spiro atoms. The van der Waals surface area contributed by atoms with Crippen molar-refractivity contribution in [1.29, 1.82) is 0 Å². The molecule has 102 valence electrons. The van der Waals surface area contributed by atoms with E-state index in [9.17, 15) is 9.59 Å². The van der Waals surface area contributed by atoms with E-state index in [0.29, 0.717) is 12.3 Å². The number of fused-ring (bicyclic) bond motifs is 1. The maximum atomic E-state index is 12.2. The van der Waals surface area contributed by atoms with Crippen molar-refractivity contribution in [3.63, 3.8) is 0 Å². The fraction of sp³-hybridized carbons (Fsp3) is 0.867. The molecule has 0 aromatic rings. The topological polar surface area (TPSA) is 43.4 Å². The first-order chi connectivity index (χ1) is 8.33. The number of Topliss-reactive ketones (excluding diaryl/α,β-unsaturated/α-hetero) is 1. The normalized spacial score (nSPS) is 39.0. The second kappa shape index (κ2) is 4.36. The van der Waals surface area contributed by atoms with Crippen LogP contribution >= 0.6 is 0 Å². The monoisotopic (exact) mass is 252 g/mol. The van der Waals surface area contributed by atoms with E-state index < -0.39 is 5.92 Å². The van der Waals surface area contributed by atoms with Gasteiger partial charge in [-0.05, 0) is 36.0 Å². The van der Waals surface area contributed by atoms with Crippen molar-refractivity contribution < 1.29 is 14.3 Å². The number of esters is 1. The van der Waals surface area contributed by atoms with Gasteiger partial charge in [0.2, 0.25) is 0 Å². The lowest BCUT2D eigenvalue weighted by atomic mass is 9.48. The molecule has 3 nitrogen and oxygen atoms in total. The quantitative estimate of drug-likeness (QED) is 0.532. The third-order valence-electron chi connectivity index (χ3n) is 5.37. The van der Waals surface area contributed by atoms with Crippen molar-refractivity contribution in [3.05, 3.63) is 0 Å². The van der Waals surface area contributed by atoms with E-state index in [1.54, 1.807) is 0 Å². The molecule has 0 bridgehead atoms. The number of ether oxygens (including phenoxy) is 1.